The predicted octanol–water partition coefficient (Wildman–Crippen LogP) is 1.18. The number of hydrogen-bond donors (Lipinski definition) is 2. The molecule has 0 amide bonds. The fraction of sp³-hybridized carbons (Fsp3) is 0.300. The summed E-state index contributed by atoms with van der Waals surface area (Å²) in [7, 11) is 1.74. The van der Waals surface area contributed by atoms with Crippen molar-refractivity contribution in [2.24, 2.45) is 0 Å². The summed E-state index contributed by atoms with van der Waals surface area (Å²) in [6, 6.07) is 6.06. The van der Waals surface area contributed by atoms with E-state index in [2.05, 4.69) is 5.32 Å². The molecule has 1 aromatic rings. The first-order valence-corrected chi connectivity index (χ1v) is 4.15. The summed E-state index contributed by atoms with van der Waals surface area (Å²) in [5, 5.41) is 11.9. The molecule has 0 saturated carbocycles. The van der Waals surface area contributed by atoms with Gasteiger partial charge in [-0.3, -0.25) is 4.79 Å². The summed E-state index contributed by atoms with van der Waals surface area (Å²) in [6.45, 7) is 1.80. The van der Waals surface area contributed by atoms with Gasteiger partial charge in [-0.05, 0) is 38.2 Å². The van der Waals surface area contributed by atoms with E-state index >= 15 is 0 Å². The smallest absolute Gasteiger partial charge is 0.179 e. The minimum Gasteiger partial charge on any atom is -0.508 e. The van der Waals surface area contributed by atoms with Gasteiger partial charge in [-0.2, -0.15) is 0 Å². The Morgan fingerprint density at radius 1 is 1.38 bits per heavy atom. The number of phenols is 1. The van der Waals surface area contributed by atoms with Crippen molar-refractivity contribution in [2.45, 2.75) is 13.0 Å². The molecule has 0 unspecified atom stereocenters. The van der Waals surface area contributed by atoms with Crippen molar-refractivity contribution in [1.82, 2.24) is 5.32 Å². The summed E-state index contributed by atoms with van der Waals surface area (Å²) in [4.78, 5) is 11.5. The first-order chi connectivity index (χ1) is 6.15. The third-order valence-corrected chi connectivity index (χ3v) is 1.98. The van der Waals surface area contributed by atoms with Gasteiger partial charge in [0.25, 0.3) is 0 Å². The number of Topliss-reactive ketones (excluding diaryl/α,β-unsaturated/α-hetero) is 1. The molecule has 0 heterocycles. The minimum absolute atomic E-state index is 0.0301. The Morgan fingerprint density at radius 2 is 1.92 bits per heavy atom. The van der Waals surface area contributed by atoms with Gasteiger partial charge in [0.15, 0.2) is 5.78 Å². The third kappa shape index (κ3) is 2.29. The Balaban J connectivity index is 2.83. The molecule has 0 aliphatic heterocycles. The summed E-state index contributed by atoms with van der Waals surface area (Å²) >= 11 is 0. The van der Waals surface area contributed by atoms with Crippen LogP contribution in [0.2, 0.25) is 0 Å². The van der Waals surface area contributed by atoms with Crippen LogP contribution in [0.25, 0.3) is 0 Å². The van der Waals surface area contributed by atoms with E-state index in [9.17, 15) is 4.79 Å². The van der Waals surface area contributed by atoms with Crippen LogP contribution in [-0.2, 0) is 0 Å². The quantitative estimate of drug-likeness (QED) is 0.685. The Bertz CT molecular complexity index is 292. The maximum atomic E-state index is 11.5. The molecule has 3 nitrogen and oxygen atoms in total. The van der Waals surface area contributed by atoms with Gasteiger partial charge in [-0.1, -0.05) is 0 Å². The van der Waals surface area contributed by atoms with E-state index in [0.29, 0.717) is 5.56 Å². The first-order valence-electron chi connectivity index (χ1n) is 4.15. The highest BCUT2D eigenvalue weighted by Crippen LogP contribution is 2.11. The molecule has 1 aromatic carbocycles. The van der Waals surface area contributed by atoms with Gasteiger partial charge < -0.3 is 10.4 Å². The van der Waals surface area contributed by atoms with Crippen molar-refractivity contribution in [3.63, 3.8) is 0 Å². The van der Waals surface area contributed by atoms with Gasteiger partial charge in [-0.15, -0.1) is 0 Å². The molecule has 0 radical (unpaired) electrons. The van der Waals surface area contributed by atoms with Crippen LogP contribution in [-0.4, -0.2) is 24.0 Å². The summed E-state index contributed by atoms with van der Waals surface area (Å²) in [5.74, 6) is 0.205. The fourth-order valence-corrected chi connectivity index (χ4v) is 1.01. The highest BCUT2D eigenvalue weighted by molar-refractivity contribution is 5.99. The highest BCUT2D eigenvalue weighted by atomic mass is 16.3. The lowest BCUT2D eigenvalue weighted by atomic mass is 10.1. The summed E-state index contributed by atoms with van der Waals surface area (Å²) in [6.07, 6.45) is 0. The van der Waals surface area contributed by atoms with Gasteiger partial charge in [-0.25, -0.2) is 0 Å². The van der Waals surface area contributed by atoms with Crippen molar-refractivity contribution in [2.75, 3.05) is 7.05 Å². The zero-order valence-corrected chi connectivity index (χ0v) is 7.74. The molecular weight excluding hydrogens is 166 g/mol. The van der Waals surface area contributed by atoms with Crippen molar-refractivity contribution < 1.29 is 9.90 Å². The molecule has 0 aromatic heterocycles. The average Bonchev–Trinajstić information content (AvgIpc) is 2.17. The number of rotatable bonds is 3. The maximum absolute atomic E-state index is 11.5. The van der Waals surface area contributed by atoms with Crippen LogP contribution in [0.4, 0.5) is 0 Å². The van der Waals surface area contributed by atoms with Crippen LogP contribution in [0.3, 0.4) is 0 Å². The average molecular weight is 179 g/mol. The third-order valence-electron chi connectivity index (χ3n) is 1.98. The van der Waals surface area contributed by atoms with E-state index in [-0.39, 0.29) is 17.6 Å². The molecule has 0 spiro atoms. The second-order valence-electron chi connectivity index (χ2n) is 2.92. The van der Waals surface area contributed by atoms with E-state index in [0.717, 1.165) is 0 Å². The van der Waals surface area contributed by atoms with Gasteiger partial charge in [0, 0.05) is 5.56 Å². The molecular formula is C10H13NO2. The van der Waals surface area contributed by atoms with Gasteiger partial charge in [0.05, 0.1) is 6.04 Å². The van der Waals surface area contributed by atoms with Gasteiger partial charge >= 0.3 is 0 Å². The molecule has 1 atom stereocenters. The van der Waals surface area contributed by atoms with Crippen LogP contribution in [0.15, 0.2) is 24.3 Å². The predicted molar refractivity (Wildman–Crippen MR) is 51.0 cm³/mol. The highest BCUT2D eigenvalue weighted by Gasteiger charge is 2.12. The van der Waals surface area contributed by atoms with Crippen LogP contribution in [0.1, 0.15) is 17.3 Å². The zero-order valence-electron chi connectivity index (χ0n) is 7.74. The van der Waals surface area contributed by atoms with Crippen molar-refractivity contribution in [3.05, 3.63) is 29.8 Å². The van der Waals surface area contributed by atoms with Crippen LogP contribution >= 0.6 is 0 Å². The van der Waals surface area contributed by atoms with Crippen LogP contribution in [0.5, 0.6) is 5.75 Å². The monoisotopic (exact) mass is 179 g/mol. The van der Waals surface area contributed by atoms with E-state index in [1.165, 1.54) is 12.1 Å². The number of hydrogen-bond acceptors (Lipinski definition) is 3. The molecule has 2 N–H and O–H groups in total. The maximum Gasteiger partial charge on any atom is 0.179 e. The molecule has 13 heavy (non-hydrogen) atoms. The molecule has 0 fully saturated rings. The Hall–Kier alpha value is -1.35. The Labute approximate surface area is 77.4 Å². The van der Waals surface area contributed by atoms with E-state index in [4.69, 9.17) is 5.11 Å². The van der Waals surface area contributed by atoms with Crippen molar-refractivity contribution in [3.8, 4) is 5.75 Å². The number of ketones is 1. The lowest BCUT2D eigenvalue weighted by molar-refractivity contribution is 0.0955. The SMILES string of the molecule is CN[C@@H](C)C(=O)c1ccc(O)cc1. The van der Waals surface area contributed by atoms with E-state index < -0.39 is 0 Å². The molecule has 70 valence electrons. The number of carbonyl (C=O) groups excluding carboxylic acids is 1. The Morgan fingerprint density at radius 3 is 2.38 bits per heavy atom. The number of carbonyl (C=O) groups is 1. The normalized spacial score (nSPS) is 12.5. The van der Waals surface area contributed by atoms with Gasteiger partial charge in [0.1, 0.15) is 5.75 Å². The van der Waals surface area contributed by atoms with Crippen molar-refractivity contribution in [1.29, 1.82) is 0 Å². The lowest BCUT2D eigenvalue weighted by Crippen LogP contribution is -2.30. The van der Waals surface area contributed by atoms with E-state index in [1.807, 2.05) is 0 Å². The number of aromatic hydroxyl groups is 1. The van der Waals surface area contributed by atoms with Crippen LogP contribution < -0.4 is 5.32 Å². The number of phenolic OH excluding ortho intramolecular Hbond substituents is 1. The van der Waals surface area contributed by atoms with Crippen LogP contribution in [0, 0.1) is 0 Å². The standard InChI is InChI=1S/C10H13NO2/c1-7(11-2)10(13)8-3-5-9(12)6-4-8/h3-7,11-12H,1-2H3/t7-/m0/s1. The molecule has 1 rings (SSSR count). The van der Waals surface area contributed by atoms with E-state index in [1.54, 1.807) is 26.1 Å². The molecule has 0 aliphatic rings. The minimum atomic E-state index is -0.190. The number of likely N-dealkylation sites (N-methyl/N-ethyl adjacent to an activating group) is 1. The second kappa shape index (κ2) is 4.05. The Kier molecular flexibility index (Phi) is 3.03. The van der Waals surface area contributed by atoms with Gasteiger partial charge in [0.2, 0.25) is 0 Å². The zero-order chi connectivity index (χ0) is 9.84. The first kappa shape index (κ1) is 9.74. The lowest BCUT2D eigenvalue weighted by Gasteiger charge is -2.08. The molecule has 0 saturated heterocycles. The molecule has 0 bridgehead atoms. The fourth-order valence-electron chi connectivity index (χ4n) is 1.01. The number of benzene rings is 1. The van der Waals surface area contributed by atoms with Crippen molar-refractivity contribution >= 4 is 5.78 Å². The number of nitrogens with one attached hydrogen (secondary N) is 1. The largest absolute Gasteiger partial charge is 0.508 e. The summed E-state index contributed by atoms with van der Waals surface area (Å²) < 4.78 is 0. The summed E-state index contributed by atoms with van der Waals surface area (Å²) in [5.41, 5.74) is 0.611. The molecule has 0 aliphatic carbocycles. The molecule has 3 heteroatoms. The second-order valence-corrected chi connectivity index (χ2v) is 2.92. The topological polar surface area (TPSA) is 49.3 Å².